The van der Waals surface area contributed by atoms with E-state index in [0.717, 1.165) is 0 Å². The lowest BCUT2D eigenvalue weighted by atomic mass is 10.1. The molecule has 0 fully saturated rings. The van der Waals surface area contributed by atoms with Crippen LogP contribution in [0.1, 0.15) is 31.1 Å². The van der Waals surface area contributed by atoms with E-state index in [-0.39, 0.29) is 5.88 Å². The fraction of sp³-hybridized carbons (Fsp3) is 0.263. The van der Waals surface area contributed by atoms with E-state index in [9.17, 15) is 9.90 Å². The highest BCUT2D eigenvalue weighted by Gasteiger charge is 2.19. The molecular formula is C19H20N4O4. The Kier molecular flexibility index (Phi) is 4.81. The van der Waals surface area contributed by atoms with Gasteiger partial charge in [0.05, 0.1) is 24.4 Å². The number of hydrogen-bond donors (Lipinski definition) is 1. The van der Waals surface area contributed by atoms with E-state index in [2.05, 4.69) is 15.1 Å². The summed E-state index contributed by atoms with van der Waals surface area (Å²) >= 11 is 0. The third kappa shape index (κ3) is 4.05. The highest BCUT2D eigenvalue weighted by Crippen LogP contribution is 2.31. The van der Waals surface area contributed by atoms with Gasteiger partial charge in [0.15, 0.2) is 5.82 Å². The maximum absolute atomic E-state index is 12.1. The van der Waals surface area contributed by atoms with Crippen LogP contribution in [-0.4, -0.2) is 43.5 Å². The monoisotopic (exact) mass is 368 g/mol. The lowest BCUT2D eigenvalue weighted by Crippen LogP contribution is -2.24. The Labute approximate surface area is 156 Å². The van der Waals surface area contributed by atoms with E-state index < -0.39 is 11.6 Å². The Morgan fingerprint density at radius 2 is 1.93 bits per heavy atom. The van der Waals surface area contributed by atoms with Gasteiger partial charge in [-0.25, -0.2) is 14.8 Å². The number of nitrogens with zero attached hydrogens (tertiary/aromatic N) is 4. The van der Waals surface area contributed by atoms with Crippen LogP contribution in [0.2, 0.25) is 0 Å². The Hall–Kier alpha value is -3.42. The third-order valence-corrected chi connectivity index (χ3v) is 3.60. The zero-order valence-corrected chi connectivity index (χ0v) is 15.5. The highest BCUT2D eigenvalue weighted by molar-refractivity contribution is 5.89. The number of methoxy groups -OCH3 is 1. The number of hydrogen-bond acceptors (Lipinski definition) is 7. The molecule has 0 unspecified atom stereocenters. The Balaban J connectivity index is 1.87. The summed E-state index contributed by atoms with van der Waals surface area (Å²) in [7, 11) is 1.52. The largest absolute Gasteiger partial charge is 0.493 e. The number of rotatable bonds is 4. The van der Waals surface area contributed by atoms with Crippen molar-refractivity contribution in [1.29, 1.82) is 0 Å². The van der Waals surface area contributed by atoms with Gasteiger partial charge in [-0.05, 0) is 44.5 Å². The van der Waals surface area contributed by atoms with Gasteiger partial charge < -0.3 is 14.6 Å². The van der Waals surface area contributed by atoms with Gasteiger partial charge >= 0.3 is 5.97 Å². The molecule has 0 amide bonds. The van der Waals surface area contributed by atoms with Crippen molar-refractivity contribution < 1.29 is 19.4 Å². The average molecular weight is 368 g/mol. The molecule has 0 aliphatic rings. The van der Waals surface area contributed by atoms with Gasteiger partial charge in [-0.2, -0.15) is 9.78 Å². The van der Waals surface area contributed by atoms with Crippen LogP contribution >= 0.6 is 0 Å². The Bertz CT molecular complexity index is 959. The van der Waals surface area contributed by atoms with Crippen LogP contribution in [-0.2, 0) is 4.74 Å². The number of carbonyl (C=O) groups excluding carboxylic acids is 1. The number of ether oxygens (including phenoxy) is 2. The minimum atomic E-state index is -0.587. The predicted octanol–water partition coefficient (Wildman–Crippen LogP) is 3.00. The predicted molar refractivity (Wildman–Crippen MR) is 98.0 cm³/mol. The number of aromatic nitrogens is 4. The molecule has 0 aliphatic heterocycles. The van der Waals surface area contributed by atoms with Crippen LogP contribution in [0.3, 0.4) is 0 Å². The van der Waals surface area contributed by atoms with Crippen molar-refractivity contribution >= 4 is 5.97 Å². The van der Waals surface area contributed by atoms with Gasteiger partial charge in [0.1, 0.15) is 5.60 Å². The van der Waals surface area contributed by atoms with Crippen molar-refractivity contribution in [2.75, 3.05) is 7.11 Å². The standard InChI is InChI=1S/C19H20N4O4/c1-19(2,3)27-18(25)13-5-6-15(21-10-13)23-17(24)14(11-22-23)12-7-8-20-16(9-12)26-4/h5-11,24H,1-4H3. The van der Waals surface area contributed by atoms with Gasteiger partial charge in [-0.3, -0.25) is 0 Å². The highest BCUT2D eigenvalue weighted by atomic mass is 16.6. The number of esters is 1. The van der Waals surface area contributed by atoms with Crippen molar-refractivity contribution in [3.05, 3.63) is 48.4 Å². The topological polar surface area (TPSA) is 99.4 Å². The van der Waals surface area contributed by atoms with Crippen molar-refractivity contribution in [3.63, 3.8) is 0 Å². The molecule has 3 heterocycles. The average Bonchev–Trinajstić information content (AvgIpc) is 3.02. The van der Waals surface area contributed by atoms with E-state index in [0.29, 0.717) is 28.4 Å². The van der Waals surface area contributed by atoms with Crippen LogP contribution in [0, 0.1) is 0 Å². The van der Waals surface area contributed by atoms with Crippen LogP contribution in [0.25, 0.3) is 16.9 Å². The summed E-state index contributed by atoms with van der Waals surface area (Å²) in [6, 6.07) is 6.60. The summed E-state index contributed by atoms with van der Waals surface area (Å²) in [6.45, 7) is 5.39. The number of carbonyl (C=O) groups is 1. The molecule has 0 radical (unpaired) electrons. The first kappa shape index (κ1) is 18.4. The molecule has 3 rings (SSSR count). The summed E-state index contributed by atoms with van der Waals surface area (Å²) in [5.41, 5.74) is 0.945. The third-order valence-electron chi connectivity index (χ3n) is 3.60. The van der Waals surface area contributed by atoms with E-state index in [1.165, 1.54) is 24.2 Å². The lowest BCUT2D eigenvalue weighted by molar-refractivity contribution is 0.00691. The Morgan fingerprint density at radius 1 is 1.15 bits per heavy atom. The molecule has 3 aromatic rings. The first-order valence-electron chi connectivity index (χ1n) is 8.25. The van der Waals surface area contributed by atoms with Crippen LogP contribution in [0.15, 0.2) is 42.9 Å². The van der Waals surface area contributed by atoms with Crippen LogP contribution in [0.5, 0.6) is 11.8 Å². The minimum absolute atomic E-state index is 0.0826. The molecule has 3 aromatic heterocycles. The van der Waals surface area contributed by atoms with Crippen molar-refractivity contribution in [1.82, 2.24) is 19.7 Å². The second-order valence-electron chi connectivity index (χ2n) is 6.79. The second-order valence-corrected chi connectivity index (χ2v) is 6.79. The maximum atomic E-state index is 12.1. The van der Waals surface area contributed by atoms with Crippen molar-refractivity contribution in [2.24, 2.45) is 0 Å². The summed E-state index contributed by atoms with van der Waals surface area (Å²) in [5.74, 6) is 0.253. The molecule has 140 valence electrons. The van der Waals surface area contributed by atoms with E-state index >= 15 is 0 Å². The van der Waals surface area contributed by atoms with Gasteiger partial charge in [-0.15, -0.1) is 0 Å². The molecule has 27 heavy (non-hydrogen) atoms. The molecule has 0 aromatic carbocycles. The second kappa shape index (κ2) is 7.06. The summed E-state index contributed by atoms with van der Waals surface area (Å²) in [4.78, 5) is 20.3. The summed E-state index contributed by atoms with van der Waals surface area (Å²) < 4.78 is 11.7. The van der Waals surface area contributed by atoms with E-state index in [1.54, 1.807) is 51.2 Å². The lowest BCUT2D eigenvalue weighted by Gasteiger charge is -2.19. The van der Waals surface area contributed by atoms with Gasteiger partial charge in [-0.1, -0.05) is 0 Å². The molecule has 0 spiro atoms. The molecule has 0 aliphatic carbocycles. The summed E-state index contributed by atoms with van der Waals surface area (Å²) in [6.07, 6.45) is 4.49. The van der Waals surface area contributed by atoms with Gasteiger partial charge in [0, 0.05) is 18.5 Å². The van der Waals surface area contributed by atoms with E-state index in [1.807, 2.05) is 0 Å². The summed E-state index contributed by atoms with van der Waals surface area (Å²) in [5, 5.41) is 14.7. The van der Waals surface area contributed by atoms with Crippen molar-refractivity contribution in [3.8, 4) is 28.7 Å². The molecule has 0 saturated carbocycles. The normalized spacial score (nSPS) is 11.3. The zero-order valence-electron chi connectivity index (χ0n) is 15.5. The maximum Gasteiger partial charge on any atom is 0.340 e. The van der Waals surface area contributed by atoms with Crippen molar-refractivity contribution in [2.45, 2.75) is 26.4 Å². The molecule has 0 bridgehead atoms. The molecule has 8 heteroatoms. The molecule has 1 N–H and O–H groups in total. The molecule has 0 atom stereocenters. The molecular weight excluding hydrogens is 348 g/mol. The number of pyridine rings is 2. The number of aromatic hydroxyl groups is 1. The van der Waals surface area contributed by atoms with Gasteiger partial charge in [0.2, 0.25) is 11.8 Å². The first-order valence-corrected chi connectivity index (χ1v) is 8.25. The van der Waals surface area contributed by atoms with E-state index in [4.69, 9.17) is 9.47 Å². The zero-order chi connectivity index (χ0) is 19.6. The molecule has 0 saturated heterocycles. The van der Waals surface area contributed by atoms with Crippen LogP contribution in [0.4, 0.5) is 0 Å². The minimum Gasteiger partial charge on any atom is -0.493 e. The SMILES string of the molecule is COc1cc(-c2cnn(-c3ccc(C(=O)OC(C)(C)C)cn3)c2O)ccn1. The fourth-order valence-corrected chi connectivity index (χ4v) is 2.37. The quantitative estimate of drug-likeness (QED) is 0.707. The fourth-order valence-electron chi connectivity index (χ4n) is 2.37. The Morgan fingerprint density at radius 3 is 2.56 bits per heavy atom. The molecule has 8 nitrogen and oxygen atoms in total. The smallest absolute Gasteiger partial charge is 0.340 e. The first-order chi connectivity index (χ1) is 12.8. The van der Waals surface area contributed by atoms with Gasteiger partial charge in [0.25, 0.3) is 0 Å². The van der Waals surface area contributed by atoms with Crippen LogP contribution < -0.4 is 4.74 Å².